The molecule has 7 heteroatoms. The fourth-order valence-electron chi connectivity index (χ4n) is 3.66. The molecule has 0 spiro atoms. The van der Waals surface area contributed by atoms with Crippen molar-refractivity contribution in [1.82, 2.24) is 14.5 Å². The van der Waals surface area contributed by atoms with Crippen molar-refractivity contribution in [3.63, 3.8) is 0 Å². The minimum absolute atomic E-state index is 0.199. The summed E-state index contributed by atoms with van der Waals surface area (Å²) in [5.41, 5.74) is 7.66. The van der Waals surface area contributed by atoms with E-state index in [9.17, 15) is 4.79 Å². The second-order valence-corrected chi connectivity index (χ2v) is 8.83. The van der Waals surface area contributed by atoms with Crippen LogP contribution >= 0.6 is 11.6 Å². The maximum absolute atomic E-state index is 13.4. The van der Waals surface area contributed by atoms with E-state index in [1.54, 1.807) is 18.2 Å². The summed E-state index contributed by atoms with van der Waals surface area (Å²) in [5.74, 6) is 2.37. The summed E-state index contributed by atoms with van der Waals surface area (Å²) in [4.78, 5) is 22.6. The van der Waals surface area contributed by atoms with Crippen LogP contribution in [-0.2, 0) is 5.54 Å². The lowest BCUT2D eigenvalue weighted by Gasteiger charge is -2.14. The zero-order chi connectivity index (χ0) is 23.2. The van der Waals surface area contributed by atoms with Gasteiger partial charge in [-0.1, -0.05) is 48.0 Å². The van der Waals surface area contributed by atoms with Gasteiger partial charge in [0.25, 0.3) is 5.56 Å². The number of pyridine rings is 1. The van der Waals surface area contributed by atoms with Crippen LogP contribution in [0.4, 0.5) is 0 Å². The third kappa shape index (κ3) is 3.95. The number of furan rings is 1. The molecule has 0 bridgehead atoms. The molecule has 0 aliphatic carbocycles. The molecule has 0 radical (unpaired) electrons. The van der Waals surface area contributed by atoms with E-state index in [0.29, 0.717) is 33.3 Å². The van der Waals surface area contributed by atoms with Crippen LogP contribution in [-0.4, -0.2) is 14.5 Å². The van der Waals surface area contributed by atoms with E-state index in [4.69, 9.17) is 26.7 Å². The van der Waals surface area contributed by atoms with Gasteiger partial charge in [-0.15, -0.1) is 0 Å². The van der Waals surface area contributed by atoms with E-state index in [-0.39, 0.29) is 5.56 Å². The van der Waals surface area contributed by atoms with Gasteiger partial charge in [-0.25, -0.2) is 14.5 Å². The fraction of sp³-hybridized carbons (Fsp3) is 0.115. The Morgan fingerprint density at radius 2 is 1.67 bits per heavy atom. The largest absolute Gasteiger partial charge is 0.459 e. The summed E-state index contributed by atoms with van der Waals surface area (Å²) in [6, 6.07) is 22.2. The predicted molar refractivity (Wildman–Crippen MR) is 130 cm³/mol. The summed E-state index contributed by atoms with van der Waals surface area (Å²) >= 11 is 6.01. The molecular weight excluding hydrogens is 436 g/mol. The van der Waals surface area contributed by atoms with Crippen molar-refractivity contribution in [1.29, 1.82) is 0 Å². The second kappa shape index (κ2) is 7.99. The summed E-state index contributed by atoms with van der Waals surface area (Å²) in [7, 11) is 0. The van der Waals surface area contributed by atoms with Crippen LogP contribution in [0.1, 0.15) is 19.6 Å². The predicted octanol–water partition coefficient (Wildman–Crippen LogP) is 5.55. The normalized spacial score (nSPS) is 11.8. The van der Waals surface area contributed by atoms with Gasteiger partial charge in [0.15, 0.2) is 0 Å². The fourth-order valence-corrected chi connectivity index (χ4v) is 3.77. The topological polar surface area (TPSA) is 86.9 Å². The Bertz CT molecular complexity index is 1510. The molecule has 5 aromatic rings. The summed E-state index contributed by atoms with van der Waals surface area (Å²) in [5, 5.41) is 1.01. The number of nitrogens with zero attached hydrogens (tertiary/aromatic N) is 3. The van der Waals surface area contributed by atoms with Crippen LogP contribution in [0.2, 0.25) is 5.02 Å². The average Bonchev–Trinajstić information content (AvgIpc) is 3.31. The maximum atomic E-state index is 13.4. The first-order valence-corrected chi connectivity index (χ1v) is 10.8. The lowest BCUT2D eigenvalue weighted by molar-refractivity contribution is 0.401. The number of nitrogens with two attached hydrogens (primary N) is 1. The average molecular weight is 457 g/mol. The van der Waals surface area contributed by atoms with Crippen LogP contribution in [0.15, 0.2) is 88.2 Å². The summed E-state index contributed by atoms with van der Waals surface area (Å²) in [6.07, 6.45) is 1.51. The van der Waals surface area contributed by atoms with E-state index in [1.165, 1.54) is 10.8 Å². The lowest BCUT2D eigenvalue weighted by atomic mass is 10.0. The third-order valence-electron chi connectivity index (χ3n) is 5.39. The van der Waals surface area contributed by atoms with Crippen molar-refractivity contribution in [2.24, 2.45) is 5.73 Å². The zero-order valence-corrected chi connectivity index (χ0v) is 18.9. The molecule has 33 heavy (non-hydrogen) atoms. The Labute approximate surface area is 195 Å². The number of halogens is 1. The van der Waals surface area contributed by atoms with Gasteiger partial charge >= 0.3 is 0 Å². The molecule has 0 amide bonds. The SMILES string of the molecule is CC(C)(N)c1ccc(-c2ccc(-c3nc4ccccc4c(=O)n3-c3ccc(Cl)cn3)cc2)o1. The Balaban J connectivity index is 1.65. The Morgan fingerprint density at radius 3 is 2.33 bits per heavy atom. The van der Waals surface area contributed by atoms with E-state index in [2.05, 4.69) is 4.98 Å². The van der Waals surface area contributed by atoms with E-state index in [0.717, 1.165) is 16.9 Å². The second-order valence-electron chi connectivity index (χ2n) is 8.39. The van der Waals surface area contributed by atoms with Gasteiger partial charge in [-0.3, -0.25) is 4.79 Å². The highest BCUT2D eigenvalue weighted by atomic mass is 35.5. The molecule has 164 valence electrons. The first kappa shape index (κ1) is 21.1. The molecular formula is C26H21ClN4O2. The number of para-hydroxylation sites is 1. The van der Waals surface area contributed by atoms with Crippen LogP contribution in [0.3, 0.4) is 0 Å². The van der Waals surface area contributed by atoms with Crippen LogP contribution in [0, 0.1) is 0 Å². The minimum Gasteiger partial charge on any atom is -0.459 e. The maximum Gasteiger partial charge on any atom is 0.267 e. The monoisotopic (exact) mass is 456 g/mol. The Morgan fingerprint density at radius 1 is 0.939 bits per heavy atom. The van der Waals surface area contributed by atoms with Gasteiger partial charge in [0.05, 0.1) is 21.5 Å². The molecule has 2 N–H and O–H groups in total. The Kier molecular flexibility index (Phi) is 5.12. The van der Waals surface area contributed by atoms with E-state index in [1.807, 2.05) is 68.4 Å². The minimum atomic E-state index is -0.561. The van der Waals surface area contributed by atoms with Crippen LogP contribution in [0.25, 0.3) is 39.4 Å². The highest BCUT2D eigenvalue weighted by molar-refractivity contribution is 6.30. The van der Waals surface area contributed by atoms with Crippen LogP contribution < -0.4 is 11.3 Å². The smallest absolute Gasteiger partial charge is 0.267 e. The van der Waals surface area contributed by atoms with Crippen molar-refractivity contribution >= 4 is 22.5 Å². The van der Waals surface area contributed by atoms with Gasteiger partial charge in [0.1, 0.15) is 23.2 Å². The number of rotatable bonds is 4. The van der Waals surface area contributed by atoms with Crippen molar-refractivity contribution in [3.05, 3.63) is 100 Å². The molecule has 0 unspecified atom stereocenters. The van der Waals surface area contributed by atoms with Gasteiger partial charge in [-0.2, -0.15) is 0 Å². The highest BCUT2D eigenvalue weighted by Crippen LogP contribution is 2.29. The summed E-state index contributed by atoms with van der Waals surface area (Å²) in [6.45, 7) is 3.79. The molecule has 6 nitrogen and oxygen atoms in total. The number of hydrogen-bond acceptors (Lipinski definition) is 5. The van der Waals surface area contributed by atoms with E-state index < -0.39 is 5.54 Å². The first-order valence-electron chi connectivity index (χ1n) is 10.4. The lowest BCUT2D eigenvalue weighted by Crippen LogP contribution is -2.27. The van der Waals surface area contributed by atoms with Gasteiger partial charge < -0.3 is 10.2 Å². The van der Waals surface area contributed by atoms with Crippen molar-refractivity contribution < 1.29 is 4.42 Å². The van der Waals surface area contributed by atoms with Crippen molar-refractivity contribution in [2.75, 3.05) is 0 Å². The van der Waals surface area contributed by atoms with Crippen LogP contribution in [0.5, 0.6) is 0 Å². The molecule has 0 saturated heterocycles. The first-order chi connectivity index (χ1) is 15.8. The molecule has 2 aromatic carbocycles. The zero-order valence-electron chi connectivity index (χ0n) is 18.1. The Hall–Kier alpha value is -3.74. The number of aromatic nitrogens is 3. The third-order valence-corrected chi connectivity index (χ3v) is 5.61. The number of benzene rings is 2. The van der Waals surface area contributed by atoms with Gasteiger partial charge in [-0.05, 0) is 50.2 Å². The van der Waals surface area contributed by atoms with Gasteiger partial charge in [0.2, 0.25) is 0 Å². The molecule has 3 aromatic heterocycles. The van der Waals surface area contributed by atoms with Crippen molar-refractivity contribution in [2.45, 2.75) is 19.4 Å². The molecule has 0 aliphatic rings. The number of hydrogen-bond donors (Lipinski definition) is 1. The highest BCUT2D eigenvalue weighted by Gasteiger charge is 2.20. The van der Waals surface area contributed by atoms with E-state index >= 15 is 0 Å². The number of fused-ring (bicyclic) bond motifs is 1. The van der Waals surface area contributed by atoms with Crippen molar-refractivity contribution in [3.8, 4) is 28.5 Å². The molecule has 0 fully saturated rings. The molecule has 3 heterocycles. The quantitative estimate of drug-likeness (QED) is 0.383. The summed E-state index contributed by atoms with van der Waals surface area (Å²) < 4.78 is 7.45. The molecule has 0 atom stereocenters. The standard InChI is InChI=1S/C26H21ClN4O2/c1-26(2,28)22-13-12-21(33-22)16-7-9-17(10-8-16)24-30-20-6-4-3-5-19(20)25(32)31(24)23-14-11-18(27)15-29-23/h3-15H,28H2,1-2H3. The van der Waals surface area contributed by atoms with Gasteiger partial charge in [0, 0.05) is 17.3 Å². The molecule has 0 aliphatic heterocycles. The molecule has 5 rings (SSSR count). The molecule has 0 saturated carbocycles.